The maximum absolute atomic E-state index is 13.4. The number of alkyl halides is 6. The second kappa shape index (κ2) is 12.4. The van der Waals surface area contributed by atoms with Gasteiger partial charge in [0.15, 0.2) is 0 Å². The molecule has 2 fully saturated rings. The number of rotatable bonds is 4. The topological polar surface area (TPSA) is 53.1 Å². The molecule has 43 heavy (non-hydrogen) atoms. The van der Waals surface area contributed by atoms with E-state index >= 15 is 0 Å². The van der Waals surface area contributed by atoms with E-state index in [1.165, 1.54) is 31.2 Å². The molecule has 0 radical (unpaired) electrons. The fourth-order valence-corrected chi connectivity index (χ4v) is 5.82. The zero-order chi connectivity index (χ0) is 31.7. The normalized spacial score (nSPS) is 19.6. The van der Waals surface area contributed by atoms with Gasteiger partial charge in [-0.3, -0.25) is 9.69 Å². The van der Waals surface area contributed by atoms with Crippen molar-refractivity contribution in [2.75, 3.05) is 32.7 Å². The van der Waals surface area contributed by atoms with Crippen LogP contribution in [-0.4, -0.2) is 71.6 Å². The Hall–Kier alpha value is -3.28. The predicted octanol–water partition coefficient (Wildman–Crippen LogP) is 6.99. The molecule has 2 aromatic rings. The van der Waals surface area contributed by atoms with E-state index in [1.54, 1.807) is 9.80 Å². The molecular formula is C31H37F6N3O3. The molecule has 2 heterocycles. The van der Waals surface area contributed by atoms with Gasteiger partial charge in [0.2, 0.25) is 5.91 Å². The minimum Gasteiger partial charge on any atom is -0.446 e. The summed E-state index contributed by atoms with van der Waals surface area (Å²) in [7, 11) is 0. The quantitative estimate of drug-likeness (QED) is 0.349. The highest BCUT2D eigenvalue weighted by Gasteiger charge is 2.42. The SMILES string of the molecule is CC(=O)N1CCC(OC(=O)N2CCN(C(c3ccc(C(F)(F)F)cc3)c3ccc(C(F)(F)F)cc3)CC2C(C)(C)C)CC1. The molecule has 1 unspecified atom stereocenters. The lowest BCUT2D eigenvalue weighted by Crippen LogP contribution is -2.60. The minimum atomic E-state index is -4.53. The third-order valence-corrected chi connectivity index (χ3v) is 8.27. The van der Waals surface area contributed by atoms with Crippen molar-refractivity contribution < 1.29 is 40.7 Å². The number of hydrogen-bond acceptors (Lipinski definition) is 4. The molecule has 6 nitrogen and oxygen atoms in total. The zero-order valence-electron chi connectivity index (χ0n) is 24.6. The standard InChI is InChI=1S/C31H37F6N3O3/c1-20(41)38-15-13-25(14-16-38)43-28(42)40-18-17-39(19-26(40)29(2,3)4)27(21-5-9-23(10-6-21)30(32,33)34)22-7-11-24(12-8-22)31(35,36)37/h5-12,25-27H,13-19H2,1-4H3. The second-order valence-electron chi connectivity index (χ2n) is 12.3. The summed E-state index contributed by atoms with van der Waals surface area (Å²) >= 11 is 0. The summed E-state index contributed by atoms with van der Waals surface area (Å²) < 4.78 is 85.6. The van der Waals surface area contributed by atoms with Crippen LogP contribution in [-0.2, 0) is 21.9 Å². The van der Waals surface area contributed by atoms with Crippen LogP contribution in [0.15, 0.2) is 48.5 Å². The molecule has 2 saturated heterocycles. The number of carbonyl (C=O) groups excluding carboxylic acids is 2. The molecule has 1 atom stereocenters. The van der Waals surface area contributed by atoms with Gasteiger partial charge in [0.1, 0.15) is 6.10 Å². The van der Waals surface area contributed by atoms with Gasteiger partial charge < -0.3 is 14.5 Å². The summed E-state index contributed by atoms with van der Waals surface area (Å²) in [5, 5.41) is 0. The molecule has 236 valence electrons. The Morgan fingerprint density at radius 2 is 1.23 bits per heavy atom. The van der Waals surface area contributed by atoms with E-state index in [9.17, 15) is 35.9 Å². The number of piperazine rings is 1. The Kier molecular flexibility index (Phi) is 9.39. The first kappa shape index (κ1) is 32.6. The first-order chi connectivity index (χ1) is 19.9. The number of ether oxygens (including phenoxy) is 1. The molecular weight excluding hydrogens is 576 g/mol. The van der Waals surface area contributed by atoms with Gasteiger partial charge in [-0.05, 0) is 40.8 Å². The molecule has 2 aliphatic heterocycles. The molecule has 0 spiro atoms. The molecule has 0 aliphatic carbocycles. The number of nitrogens with zero attached hydrogens (tertiary/aromatic N) is 3. The number of benzene rings is 2. The Bertz CT molecular complexity index is 1210. The Morgan fingerprint density at radius 1 is 0.767 bits per heavy atom. The van der Waals surface area contributed by atoms with Gasteiger partial charge in [-0.25, -0.2) is 4.79 Å². The Balaban J connectivity index is 1.60. The van der Waals surface area contributed by atoms with Crippen LogP contribution < -0.4 is 0 Å². The van der Waals surface area contributed by atoms with Crippen LogP contribution in [0.25, 0.3) is 0 Å². The Labute approximate surface area is 247 Å². The van der Waals surface area contributed by atoms with Crippen molar-refractivity contribution >= 4 is 12.0 Å². The highest BCUT2D eigenvalue weighted by atomic mass is 19.4. The van der Waals surface area contributed by atoms with Crippen LogP contribution in [0.4, 0.5) is 31.1 Å². The lowest BCUT2D eigenvalue weighted by Gasteiger charge is -2.49. The smallest absolute Gasteiger partial charge is 0.416 e. The van der Waals surface area contributed by atoms with Crippen LogP contribution in [0.5, 0.6) is 0 Å². The van der Waals surface area contributed by atoms with Crippen LogP contribution in [0.2, 0.25) is 0 Å². The maximum Gasteiger partial charge on any atom is 0.416 e. The highest BCUT2D eigenvalue weighted by molar-refractivity contribution is 5.73. The fourth-order valence-electron chi connectivity index (χ4n) is 5.82. The van der Waals surface area contributed by atoms with Crippen LogP contribution >= 0.6 is 0 Å². The fraction of sp³-hybridized carbons (Fsp3) is 0.548. The number of halogens is 6. The number of hydrogen-bond donors (Lipinski definition) is 0. The summed E-state index contributed by atoms with van der Waals surface area (Å²) in [5.74, 6) is -0.0238. The molecule has 0 aromatic heterocycles. The zero-order valence-corrected chi connectivity index (χ0v) is 24.6. The van der Waals surface area contributed by atoms with Crippen molar-refractivity contribution in [3.05, 3.63) is 70.8 Å². The van der Waals surface area contributed by atoms with Gasteiger partial charge >= 0.3 is 18.4 Å². The van der Waals surface area contributed by atoms with Crippen LogP contribution in [0.3, 0.4) is 0 Å². The van der Waals surface area contributed by atoms with Crippen molar-refractivity contribution in [1.29, 1.82) is 0 Å². The first-order valence-electron chi connectivity index (χ1n) is 14.3. The molecule has 12 heteroatoms. The molecule has 0 saturated carbocycles. The molecule has 2 aliphatic rings. The minimum absolute atomic E-state index is 0.0238. The third kappa shape index (κ3) is 7.82. The monoisotopic (exact) mass is 613 g/mol. The number of piperidine rings is 1. The summed E-state index contributed by atoms with van der Waals surface area (Å²) in [6.45, 7) is 9.31. The summed E-state index contributed by atoms with van der Waals surface area (Å²) in [6.07, 6.45) is -8.79. The van der Waals surface area contributed by atoms with Gasteiger partial charge in [-0.15, -0.1) is 0 Å². The highest BCUT2D eigenvalue weighted by Crippen LogP contribution is 2.38. The molecule has 2 amide bonds. The van der Waals surface area contributed by atoms with Crippen molar-refractivity contribution in [2.45, 2.75) is 71.1 Å². The van der Waals surface area contributed by atoms with Gasteiger partial charge in [0.05, 0.1) is 23.2 Å². The van der Waals surface area contributed by atoms with Crippen LogP contribution in [0, 0.1) is 5.41 Å². The van der Waals surface area contributed by atoms with E-state index in [1.807, 2.05) is 25.7 Å². The van der Waals surface area contributed by atoms with Crippen molar-refractivity contribution in [2.24, 2.45) is 5.41 Å². The number of likely N-dealkylation sites (tertiary alicyclic amines) is 1. The van der Waals surface area contributed by atoms with E-state index < -0.39 is 41.0 Å². The van der Waals surface area contributed by atoms with Gasteiger partial charge in [0.25, 0.3) is 0 Å². The largest absolute Gasteiger partial charge is 0.446 e. The lowest BCUT2D eigenvalue weighted by atomic mass is 9.83. The first-order valence-corrected chi connectivity index (χ1v) is 14.3. The summed E-state index contributed by atoms with van der Waals surface area (Å²) in [4.78, 5) is 30.4. The molecule has 0 bridgehead atoms. The van der Waals surface area contributed by atoms with E-state index in [-0.39, 0.29) is 24.6 Å². The number of carbonyl (C=O) groups is 2. The van der Waals surface area contributed by atoms with E-state index in [2.05, 4.69) is 0 Å². The lowest BCUT2D eigenvalue weighted by molar-refractivity contribution is -0.138. The Morgan fingerprint density at radius 3 is 1.63 bits per heavy atom. The average molecular weight is 614 g/mol. The van der Waals surface area contributed by atoms with Gasteiger partial charge in [0, 0.05) is 52.5 Å². The average Bonchev–Trinajstić information content (AvgIpc) is 2.92. The van der Waals surface area contributed by atoms with E-state index in [4.69, 9.17) is 4.74 Å². The molecule has 0 N–H and O–H groups in total. The number of amides is 2. The van der Waals surface area contributed by atoms with Crippen molar-refractivity contribution in [1.82, 2.24) is 14.7 Å². The van der Waals surface area contributed by atoms with Gasteiger partial charge in [-0.1, -0.05) is 45.0 Å². The predicted molar refractivity (Wildman–Crippen MR) is 148 cm³/mol. The summed E-state index contributed by atoms with van der Waals surface area (Å²) in [6, 6.07) is 8.28. The van der Waals surface area contributed by atoms with Gasteiger partial charge in [-0.2, -0.15) is 26.3 Å². The van der Waals surface area contributed by atoms with Crippen molar-refractivity contribution in [3.8, 4) is 0 Å². The van der Waals surface area contributed by atoms with E-state index in [0.29, 0.717) is 50.1 Å². The van der Waals surface area contributed by atoms with Crippen LogP contribution in [0.1, 0.15) is 68.8 Å². The second-order valence-corrected chi connectivity index (χ2v) is 12.3. The maximum atomic E-state index is 13.4. The third-order valence-electron chi connectivity index (χ3n) is 8.27. The van der Waals surface area contributed by atoms with Crippen molar-refractivity contribution in [3.63, 3.8) is 0 Å². The van der Waals surface area contributed by atoms with E-state index in [0.717, 1.165) is 24.3 Å². The summed E-state index contributed by atoms with van der Waals surface area (Å²) in [5.41, 5.74) is -1.09. The molecule has 2 aromatic carbocycles. The molecule has 4 rings (SSSR count).